The summed E-state index contributed by atoms with van der Waals surface area (Å²) in [5.41, 5.74) is 1.17. The van der Waals surface area contributed by atoms with Crippen LogP contribution in [0.15, 0.2) is 36.9 Å². The summed E-state index contributed by atoms with van der Waals surface area (Å²) in [7, 11) is 0. The molecule has 4 rings (SSSR count). The summed E-state index contributed by atoms with van der Waals surface area (Å²) in [6.45, 7) is 3.19. The minimum atomic E-state index is 0.0978. The molecule has 0 spiro atoms. The van der Waals surface area contributed by atoms with E-state index < -0.39 is 0 Å². The largest absolute Gasteiger partial charge is 0.338 e. The molecule has 0 bridgehead atoms. The van der Waals surface area contributed by atoms with Gasteiger partial charge in [0.1, 0.15) is 5.82 Å². The van der Waals surface area contributed by atoms with Crippen LogP contribution in [0.5, 0.6) is 0 Å². The average Bonchev–Trinajstić information content (AvgIpc) is 3.22. The molecule has 2 aliphatic rings. The van der Waals surface area contributed by atoms with Crippen molar-refractivity contribution in [2.45, 2.75) is 57.4 Å². The summed E-state index contributed by atoms with van der Waals surface area (Å²) in [5, 5.41) is 3.19. The van der Waals surface area contributed by atoms with Gasteiger partial charge in [-0.05, 0) is 43.2 Å². The van der Waals surface area contributed by atoms with Crippen LogP contribution in [-0.2, 0) is 6.54 Å². The molecule has 2 fully saturated rings. The van der Waals surface area contributed by atoms with Crippen LogP contribution < -0.4 is 5.32 Å². The predicted octanol–water partition coefficient (Wildman–Crippen LogP) is 3.80. The highest BCUT2D eigenvalue weighted by atomic mass is 16.2. The van der Waals surface area contributed by atoms with Gasteiger partial charge >= 0.3 is 6.03 Å². The first-order chi connectivity index (χ1) is 13.8. The number of carbonyl (C=O) groups is 1. The van der Waals surface area contributed by atoms with Gasteiger partial charge in [-0.2, -0.15) is 0 Å². The van der Waals surface area contributed by atoms with Gasteiger partial charge in [-0.3, -0.25) is 4.98 Å². The Morgan fingerprint density at radius 3 is 2.86 bits per heavy atom. The quantitative estimate of drug-likeness (QED) is 0.857. The molecule has 0 radical (unpaired) electrons. The lowest BCUT2D eigenvalue weighted by Gasteiger charge is -2.33. The Morgan fingerprint density at radius 2 is 2.04 bits per heavy atom. The molecule has 1 saturated heterocycles. The lowest BCUT2D eigenvalue weighted by Crippen LogP contribution is -2.46. The lowest BCUT2D eigenvalue weighted by atomic mass is 9.89. The summed E-state index contributed by atoms with van der Waals surface area (Å²) in [4.78, 5) is 23.5. The van der Waals surface area contributed by atoms with Crippen molar-refractivity contribution in [2.75, 3.05) is 19.6 Å². The van der Waals surface area contributed by atoms with Crippen molar-refractivity contribution >= 4 is 6.03 Å². The van der Waals surface area contributed by atoms with Crippen LogP contribution in [-0.4, -0.2) is 45.1 Å². The van der Waals surface area contributed by atoms with Crippen molar-refractivity contribution in [2.24, 2.45) is 5.92 Å². The number of nitrogens with one attached hydrogen (secondary N) is 1. The van der Waals surface area contributed by atoms with Gasteiger partial charge in [0.15, 0.2) is 0 Å². The molecule has 3 heterocycles. The fourth-order valence-corrected chi connectivity index (χ4v) is 4.61. The highest BCUT2D eigenvalue weighted by Gasteiger charge is 2.28. The van der Waals surface area contributed by atoms with E-state index in [9.17, 15) is 4.79 Å². The molecule has 1 aliphatic heterocycles. The normalized spacial score (nSPS) is 20.9. The van der Waals surface area contributed by atoms with Crippen LogP contribution in [0.25, 0.3) is 0 Å². The van der Waals surface area contributed by atoms with Gasteiger partial charge < -0.3 is 14.8 Å². The van der Waals surface area contributed by atoms with E-state index in [4.69, 9.17) is 0 Å². The highest BCUT2D eigenvalue weighted by Crippen LogP contribution is 2.27. The summed E-state index contributed by atoms with van der Waals surface area (Å²) < 4.78 is 2.20. The maximum atomic E-state index is 12.7. The number of likely N-dealkylation sites (tertiary alicyclic amines) is 1. The fraction of sp³-hybridized carbons (Fsp3) is 0.591. The molecule has 2 aromatic rings. The Labute approximate surface area is 167 Å². The third-order valence-corrected chi connectivity index (χ3v) is 6.16. The number of amides is 2. The van der Waals surface area contributed by atoms with E-state index >= 15 is 0 Å². The SMILES string of the molecule is O=C(NCC1CCCCC1)N1CCC[C@@H](c2nccn2Cc2cccnc2)C1. The van der Waals surface area contributed by atoms with Gasteiger partial charge in [0.2, 0.25) is 0 Å². The number of piperidine rings is 1. The molecule has 1 saturated carbocycles. The van der Waals surface area contributed by atoms with E-state index in [1.807, 2.05) is 29.6 Å². The number of hydrogen-bond acceptors (Lipinski definition) is 3. The van der Waals surface area contributed by atoms with Crippen LogP contribution in [0, 0.1) is 5.92 Å². The molecule has 2 aromatic heterocycles. The van der Waals surface area contributed by atoms with E-state index in [0.29, 0.717) is 11.8 Å². The number of pyridine rings is 1. The van der Waals surface area contributed by atoms with Crippen LogP contribution >= 0.6 is 0 Å². The summed E-state index contributed by atoms with van der Waals surface area (Å²) >= 11 is 0. The Morgan fingerprint density at radius 1 is 1.14 bits per heavy atom. The second-order valence-corrected chi connectivity index (χ2v) is 8.25. The minimum Gasteiger partial charge on any atom is -0.338 e. The third kappa shape index (κ3) is 4.72. The lowest BCUT2D eigenvalue weighted by molar-refractivity contribution is 0.174. The van der Waals surface area contributed by atoms with Gasteiger partial charge in [0.25, 0.3) is 0 Å². The number of nitrogens with zero attached hydrogens (tertiary/aromatic N) is 4. The fourth-order valence-electron chi connectivity index (χ4n) is 4.61. The molecule has 2 amide bonds. The molecule has 6 heteroatoms. The number of rotatable bonds is 5. The summed E-state index contributed by atoms with van der Waals surface area (Å²) in [6, 6.07) is 4.15. The van der Waals surface area contributed by atoms with Gasteiger partial charge in [-0.25, -0.2) is 9.78 Å². The number of imidazole rings is 1. The van der Waals surface area contributed by atoms with E-state index in [0.717, 1.165) is 44.8 Å². The van der Waals surface area contributed by atoms with Crippen LogP contribution in [0.2, 0.25) is 0 Å². The first-order valence-corrected chi connectivity index (χ1v) is 10.7. The van der Waals surface area contributed by atoms with Gasteiger partial charge in [0, 0.05) is 50.3 Å². The zero-order valence-electron chi connectivity index (χ0n) is 16.6. The minimum absolute atomic E-state index is 0.0978. The Bertz CT molecular complexity index is 753. The van der Waals surface area contributed by atoms with E-state index in [1.54, 1.807) is 6.20 Å². The van der Waals surface area contributed by atoms with Gasteiger partial charge in [-0.1, -0.05) is 25.3 Å². The van der Waals surface area contributed by atoms with Crippen molar-refractivity contribution in [3.05, 3.63) is 48.3 Å². The first-order valence-electron chi connectivity index (χ1n) is 10.7. The highest BCUT2D eigenvalue weighted by molar-refractivity contribution is 5.74. The zero-order chi connectivity index (χ0) is 19.2. The zero-order valence-corrected chi connectivity index (χ0v) is 16.6. The van der Waals surface area contributed by atoms with Crippen LogP contribution in [0.1, 0.15) is 62.3 Å². The summed E-state index contributed by atoms with van der Waals surface area (Å²) in [6.07, 6.45) is 16.2. The van der Waals surface area contributed by atoms with E-state index in [-0.39, 0.29) is 6.03 Å². The topological polar surface area (TPSA) is 63.1 Å². The average molecular weight is 382 g/mol. The van der Waals surface area contributed by atoms with Gasteiger partial charge in [0.05, 0.1) is 6.54 Å². The molecule has 0 aromatic carbocycles. The Kier molecular flexibility index (Phi) is 6.24. The van der Waals surface area contributed by atoms with Crippen molar-refractivity contribution in [1.29, 1.82) is 0 Å². The van der Waals surface area contributed by atoms with Crippen molar-refractivity contribution in [3.8, 4) is 0 Å². The summed E-state index contributed by atoms with van der Waals surface area (Å²) in [5.74, 6) is 2.03. The molecule has 1 atom stereocenters. The van der Waals surface area contributed by atoms with E-state index in [1.165, 1.54) is 37.7 Å². The molecule has 1 N–H and O–H groups in total. The first kappa shape index (κ1) is 19.0. The maximum absolute atomic E-state index is 12.7. The molecule has 0 unspecified atom stereocenters. The predicted molar refractivity (Wildman–Crippen MR) is 109 cm³/mol. The molecular formula is C22H31N5O. The van der Waals surface area contributed by atoms with Crippen molar-refractivity contribution in [1.82, 2.24) is 24.8 Å². The van der Waals surface area contributed by atoms with Crippen LogP contribution in [0.4, 0.5) is 4.79 Å². The molecule has 6 nitrogen and oxygen atoms in total. The monoisotopic (exact) mass is 381 g/mol. The second-order valence-electron chi connectivity index (χ2n) is 8.25. The number of aromatic nitrogens is 3. The number of urea groups is 1. The standard InChI is InChI=1S/C22H31N5O/c28-22(25-15-18-6-2-1-3-7-18)27-12-5-9-20(17-27)21-24-11-13-26(21)16-19-8-4-10-23-14-19/h4,8,10-11,13-14,18,20H,1-3,5-7,9,12,15-17H2,(H,25,28)/t20-/m1/s1. The van der Waals surface area contributed by atoms with E-state index in [2.05, 4.69) is 25.9 Å². The maximum Gasteiger partial charge on any atom is 0.317 e. The van der Waals surface area contributed by atoms with Crippen molar-refractivity contribution in [3.63, 3.8) is 0 Å². The Hall–Kier alpha value is -2.37. The van der Waals surface area contributed by atoms with Crippen LogP contribution in [0.3, 0.4) is 0 Å². The molecule has 28 heavy (non-hydrogen) atoms. The smallest absolute Gasteiger partial charge is 0.317 e. The van der Waals surface area contributed by atoms with Crippen molar-refractivity contribution < 1.29 is 4.79 Å². The number of carbonyl (C=O) groups excluding carboxylic acids is 1. The Balaban J connectivity index is 1.35. The number of hydrogen-bond donors (Lipinski definition) is 1. The second kappa shape index (κ2) is 9.22. The third-order valence-electron chi connectivity index (χ3n) is 6.16. The molecular weight excluding hydrogens is 350 g/mol. The van der Waals surface area contributed by atoms with Gasteiger partial charge in [-0.15, -0.1) is 0 Å². The molecule has 150 valence electrons. The molecule has 1 aliphatic carbocycles.